The van der Waals surface area contributed by atoms with E-state index in [1.54, 1.807) is 4.90 Å². The maximum Gasteiger partial charge on any atom is 0.320 e. The molecule has 5 fully saturated rings. The third kappa shape index (κ3) is 20.2. The van der Waals surface area contributed by atoms with Crippen molar-refractivity contribution in [1.29, 1.82) is 0 Å². The second-order valence-corrected chi connectivity index (χ2v) is 26.8. The molecule has 3 saturated heterocycles. The predicted molar refractivity (Wildman–Crippen MR) is 286 cm³/mol. The molecule has 2 saturated carbocycles. The SMILES string of the molecule is CC(C)(C)C1CCCC1.CC(C)(C)C1CCCCC1.CC(C)(C)N1CCCC1.CC(C)(C)c1cn2ccccc2n1.CC1CCCC(=O)N1C(C)(C)C.CC1CCN(C)C(=O)N1C(C)(C)C. The van der Waals surface area contributed by atoms with Crippen molar-refractivity contribution in [3.8, 4) is 0 Å². The molecule has 0 aromatic carbocycles. The van der Waals surface area contributed by atoms with Gasteiger partial charge in [-0.25, -0.2) is 9.78 Å². The summed E-state index contributed by atoms with van der Waals surface area (Å²) in [6, 6.07) is 6.99. The van der Waals surface area contributed by atoms with E-state index >= 15 is 0 Å². The monoisotopic (exact) mass is 921 g/mol. The Morgan fingerprint density at radius 1 is 0.530 bits per heavy atom. The lowest BCUT2D eigenvalue weighted by Gasteiger charge is -2.46. The van der Waals surface area contributed by atoms with Crippen molar-refractivity contribution in [3.63, 3.8) is 0 Å². The third-order valence-corrected chi connectivity index (χ3v) is 14.6. The highest BCUT2D eigenvalue weighted by atomic mass is 16.2. The van der Waals surface area contributed by atoms with E-state index in [9.17, 15) is 9.59 Å². The molecule has 2 aliphatic carbocycles. The van der Waals surface area contributed by atoms with E-state index in [1.807, 2.05) is 41.2 Å². The highest BCUT2D eigenvalue weighted by Gasteiger charge is 2.36. The minimum atomic E-state index is -0.0643. The van der Waals surface area contributed by atoms with Gasteiger partial charge in [-0.3, -0.25) is 9.69 Å². The van der Waals surface area contributed by atoms with Crippen LogP contribution in [0.15, 0.2) is 30.6 Å². The number of carbonyl (C=O) groups is 2. The van der Waals surface area contributed by atoms with Gasteiger partial charge in [0.1, 0.15) is 5.65 Å². The van der Waals surface area contributed by atoms with Crippen molar-refractivity contribution >= 4 is 17.6 Å². The summed E-state index contributed by atoms with van der Waals surface area (Å²) in [6.45, 7) is 47.9. The van der Waals surface area contributed by atoms with Crippen molar-refractivity contribution in [3.05, 3.63) is 36.3 Å². The number of piperidine rings is 1. The number of amides is 3. The summed E-state index contributed by atoms with van der Waals surface area (Å²) in [7, 11) is 1.87. The summed E-state index contributed by atoms with van der Waals surface area (Å²) in [6.07, 6.45) is 24.2. The standard InChI is InChI=1S/C11H14N2.C10H20N2O.C10H19NO.C10H20.C9H18.C8H17N/c1-11(2,3)9-8-13-7-5-4-6-10(13)12-9;1-8-6-7-11(5)9(13)12(8)10(2,3)4;1-8-6-5-7-9(12)11(8)10(2,3)4;1-10(2,3)9-7-5-4-6-8-9;1-9(2,3)8-6-4-5-7-8;1-8(2,3)9-6-4-5-7-9/h4-8H,1-3H3;8H,6-7H2,1-5H3;8H,5-7H2,1-4H3;9H,4-8H2,1-3H3;8H,4-7H2,1-3H3;4-7H2,1-3H3. The summed E-state index contributed by atoms with van der Waals surface area (Å²) in [4.78, 5) is 36.3. The van der Waals surface area contributed by atoms with Crippen molar-refractivity contribution in [1.82, 2.24) is 29.0 Å². The van der Waals surface area contributed by atoms with Crippen LogP contribution in [0.3, 0.4) is 0 Å². The maximum absolute atomic E-state index is 11.8. The smallest absolute Gasteiger partial charge is 0.320 e. The van der Waals surface area contributed by atoms with Gasteiger partial charge in [-0.05, 0) is 182 Å². The van der Waals surface area contributed by atoms with Crippen LogP contribution in [0.4, 0.5) is 4.79 Å². The first-order chi connectivity index (χ1) is 30.2. The second kappa shape index (κ2) is 25.3. The van der Waals surface area contributed by atoms with Gasteiger partial charge in [0.15, 0.2) is 0 Å². The summed E-state index contributed by atoms with van der Waals surface area (Å²) < 4.78 is 2.06. The molecule has 5 aliphatic rings. The quantitative estimate of drug-likeness (QED) is 0.264. The normalized spacial score (nSPS) is 21.9. The van der Waals surface area contributed by atoms with Crippen LogP contribution in [0.1, 0.15) is 240 Å². The summed E-state index contributed by atoms with van der Waals surface area (Å²) >= 11 is 0. The first kappa shape index (κ1) is 59.5. The van der Waals surface area contributed by atoms with Crippen LogP contribution in [0.2, 0.25) is 0 Å². The van der Waals surface area contributed by atoms with Crippen LogP contribution >= 0.6 is 0 Å². The van der Waals surface area contributed by atoms with Crippen LogP contribution in [-0.4, -0.2) is 96.3 Å². The average molecular weight is 922 g/mol. The molecule has 0 spiro atoms. The minimum absolute atomic E-state index is 0.00306. The summed E-state index contributed by atoms with van der Waals surface area (Å²) in [5.41, 5.74) is 3.78. The number of carbonyl (C=O) groups excluding carboxylic acids is 2. The first-order valence-corrected chi connectivity index (χ1v) is 26.7. The van der Waals surface area contributed by atoms with Gasteiger partial charge in [0.05, 0.1) is 5.69 Å². The Bertz CT molecular complexity index is 1630. The van der Waals surface area contributed by atoms with Crippen LogP contribution in [-0.2, 0) is 10.2 Å². The van der Waals surface area contributed by atoms with Crippen molar-refractivity contribution in [2.75, 3.05) is 26.7 Å². The zero-order valence-electron chi connectivity index (χ0n) is 47.4. The largest absolute Gasteiger partial charge is 0.335 e. The highest BCUT2D eigenvalue weighted by Crippen LogP contribution is 2.39. The number of pyridine rings is 1. The predicted octanol–water partition coefficient (Wildman–Crippen LogP) is 15.5. The minimum Gasteiger partial charge on any atom is -0.335 e. The lowest BCUT2D eigenvalue weighted by atomic mass is 9.72. The number of nitrogens with zero attached hydrogens (tertiary/aromatic N) is 6. The molecule has 3 aliphatic heterocycles. The maximum atomic E-state index is 11.8. The Morgan fingerprint density at radius 2 is 1.00 bits per heavy atom. The molecule has 7 rings (SSSR count). The fraction of sp³-hybridized carbons (Fsp3) is 0.845. The number of rotatable bonds is 0. The Hall–Kier alpha value is -2.61. The number of aromatic nitrogens is 2. The topological polar surface area (TPSA) is 64.4 Å². The fourth-order valence-electron chi connectivity index (χ4n) is 10.4. The Kier molecular flexibility index (Phi) is 22.8. The van der Waals surface area contributed by atoms with E-state index in [0.717, 1.165) is 55.4 Å². The highest BCUT2D eigenvalue weighted by molar-refractivity contribution is 5.78. The Labute approximate surface area is 409 Å². The van der Waals surface area contributed by atoms with Gasteiger partial charge < -0.3 is 19.1 Å². The molecule has 0 radical (unpaired) electrons. The summed E-state index contributed by atoms with van der Waals surface area (Å²) in [5.74, 6) is 2.33. The van der Waals surface area contributed by atoms with Gasteiger partial charge in [0.2, 0.25) is 5.91 Å². The van der Waals surface area contributed by atoms with Crippen LogP contribution in [0, 0.1) is 22.7 Å². The molecule has 2 unspecified atom stereocenters. The van der Waals surface area contributed by atoms with E-state index in [1.165, 1.54) is 83.7 Å². The number of urea groups is 1. The number of imidazole rings is 1. The molecule has 2 aromatic heterocycles. The molecule has 2 aromatic rings. The van der Waals surface area contributed by atoms with Gasteiger partial charge >= 0.3 is 6.03 Å². The second-order valence-electron chi connectivity index (χ2n) is 26.8. The lowest BCUT2D eigenvalue weighted by Crippen LogP contribution is -2.59. The number of hydrogen-bond donors (Lipinski definition) is 0. The van der Waals surface area contributed by atoms with E-state index < -0.39 is 0 Å². The van der Waals surface area contributed by atoms with E-state index in [2.05, 4.69) is 159 Å². The van der Waals surface area contributed by atoms with Gasteiger partial charge in [-0.15, -0.1) is 0 Å². The Balaban J connectivity index is 0.000000274. The van der Waals surface area contributed by atoms with Gasteiger partial charge in [-0.2, -0.15) is 0 Å². The molecule has 2 atom stereocenters. The van der Waals surface area contributed by atoms with Crippen molar-refractivity contribution in [2.45, 2.75) is 269 Å². The van der Waals surface area contributed by atoms with Gasteiger partial charge in [-0.1, -0.05) is 100 Å². The molecule has 8 nitrogen and oxygen atoms in total. The van der Waals surface area contributed by atoms with E-state index in [4.69, 9.17) is 0 Å². The molecule has 3 amide bonds. The van der Waals surface area contributed by atoms with Crippen LogP contribution in [0.5, 0.6) is 0 Å². The molecule has 382 valence electrons. The van der Waals surface area contributed by atoms with Crippen LogP contribution in [0.25, 0.3) is 5.65 Å². The van der Waals surface area contributed by atoms with E-state index in [0.29, 0.717) is 34.4 Å². The van der Waals surface area contributed by atoms with Crippen molar-refractivity contribution in [2.24, 2.45) is 22.7 Å². The third-order valence-electron chi connectivity index (χ3n) is 14.6. The molecule has 0 bridgehead atoms. The average Bonchev–Trinajstić information content (AvgIpc) is 4.00. The molecule has 8 heteroatoms. The van der Waals surface area contributed by atoms with Crippen molar-refractivity contribution < 1.29 is 9.59 Å². The molecule has 66 heavy (non-hydrogen) atoms. The Morgan fingerprint density at radius 3 is 1.35 bits per heavy atom. The molecule has 0 N–H and O–H groups in total. The fourth-order valence-corrected chi connectivity index (χ4v) is 10.4. The first-order valence-electron chi connectivity index (χ1n) is 26.7. The molecule has 5 heterocycles. The van der Waals surface area contributed by atoms with Gasteiger partial charge in [0.25, 0.3) is 0 Å². The molecular formula is C58H108N6O2. The van der Waals surface area contributed by atoms with Crippen LogP contribution < -0.4 is 0 Å². The lowest BCUT2D eigenvalue weighted by molar-refractivity contribution is -0.141. The van der Waals surface area contributed by atoms with E-state index in [-0.39, 0.29) is 22.5 Å². The zero-order chi connectivity index (χ0) is 50.5. The number of fused-ring (bicyclic) bond motifs is 1. The van der Waals surface area contributed by atoms with Gasteiger partial charge in [0, 0.05) is 66.5 Å². The molecular weight excluding hydrogens is 813 g/mol. The number of likely N-dealkylation sites (tertiary alicyclic amines) is 2. The zero-order valence-corrected chi connectivity index (χ0v) is 47.4. The summed E-state index contributed by atoms with van der Waals surface area (Å²) in [5, 5.41) is 0. The number of hydrogen-bond acceptors (Lipinski definition) is 4.